The third kappa shape index (κ3) is 2.87. The highest BCUT2D eigenvalue weighted by molar-refractivity contribution is 6.30. The molecule has 0 fully saturated rings. The van der Waals surface area contributed by atoms with Crippen LogP contribution in [0.25, 0.3) is 6.08 Å². The average Bonchev–Trinajstić information content (AvgIpc) is 2.90. The summed E-state index contributed by atoms with van der Waals surface area (Å²) in [6.45, 7) is 0. The number of halogens is 1. The van der Waals surface area contributed by atoms with Crippen LogP contribution in [-0.2, 0) is 9.53 Å². The Hall–Kier alpha value is -2.59. The predicted octanol–water partition coefficient (Wildman–Crippen LogP) is 3.69. The molecule has 0 unspecified atom stereocenters. The van der Waals surface area contributed by atoms with Crippen molar-refractivity contribution in [1.82, 2.24) is 0 Å². The van der Waals surface area contributed by atoms with Gasteiger partial charge in [0.15, 0.2) is 5.70 Å². The minimum absolute atomic E-state index is 0.208. The molecule has 0 saturated heterocycles. The van der Waals surface area contributed by atoms with Crippen LogP contribution in [0.15, 0.2) is 59.2 Å². The van der Waals surface area contributed by atoms with E-state index >= 15 is 0 Å². The summed E-state index contributed by atoms with van der Waals surface area (Å²) >= 11 is 5.98. The van der Waals surface area contributed by atoms with Gasteiger partial charge in [-0.2, -0.15) is 0 Å². The zero-order valence-corrected chi connectivity index (χ0v) is 12.5. The molecule has 0 spiro atoms. The average molecular weight is 314 g/mol. The Morgan fingerprint density at radius 2 is 1.95 bits per heavy atom. The smallest absolute Gasteiger partial charge is 0.363 e. The summed E-state index contributed by atoms with van der Waals surface area (Å²) in [6.07, 6.45) is 1.60. The summed E-state index contributed by atoms with van der Waals surface area (Å²) in [5, 5.41) is 0.547. The van der Waals surface area contributed by atoms with Crippen molar-refractivity contribution < 1.29 is 14.3 Å². The maximum absolute atomic E-state index is 12.0. The van der Waals surface area contributed by atoms with Crippen molar-refractivity contribution >= 4 is 29.5 Å². The third-order valence-corrected chi connectivity index (χ3v) is 3.36. The number of carbonyl (C=O) groups excluding carboxylic acids is 1. The van der Waals surface area contributed by atoms with Crippen molar-refractivity contribution in [1.29, 1.82) is 0 Å². The predicted molar refractivity (Wildman–Crippen MR) is 85.1 cm³/mol. The van der Waals surface area contributed by atoms with Crippen LogP contribution in [-0.4, -0.2) is 19.0 Å². The maximum Gasteiger partial charge on any atom is 0.363 e. The first-order chi connectivity index (χ1) is 10.7. The topological polar surface area (TPSA) is 47.9 Å². The molecular formula is C17H12ClNO3. The lowest BCUT2D eigenvalue weighted by atomic mass is 10.1. The summed E-state index contributed by atoms with van der Waals surface area (Å²) in [5.74, 6) is 0.395. The molecule has 1 aliphatic rings. The zero-order chi connectivity index (χ0) is 15.5. The van der Waals surface area contributed by atoms with E-state index in [4.69, 9.17) is 21.1 Å². The van der Waals surface area contributed by atoms with Gasteiger partial charge in [0.2, 0.25) is 5.90 Å². The van der Waals surface area contributed by atoms with E-state index in [2.05, 4.69) is 4.99 Å². The summed E-state index contributed by atoms with van der Waals surface area (Å²) < 4.78 is 10.5. The molecule has 1 heterocycles. The number of cyclic esters (lactones) is 1. The van der Waals surface area contributed by atoms with Crippen molar-refractivity contribution in [3.63, 3.8) is 0 Å². The van der Waals surface area contributed by atoms with Gasteiger partial charge in [-0.05, 0) is 36.4 Å². The molecule has 4 nitrogen and oxygen atoms in total. The quantitative estimate of drug-likeness (QED) is 0.641. The van der Waals surface area contributed by atoms with Crippen LogP contribution in [0, 0.1) is 0 Å². The number of methoxy groups -OCH3 is 1. The van der Waals surface area contributed by atoms with E-state index in [1.165, 1.54) is 0 Å². The summed E-state index contributed by atoms with van der Waals surface area (Å²) in [4.78, 5) is 16.2. The second kappa shape index (κ2) is 6.03. The third-order valence-electron chi connectivity index (χ3n) is 3.13. The summed E-state index contributed by atoms with van der Waals surface area (Å²) in [6, 6.07) is 14.4. The largest absolute Gasteiger partial charge is 0.496 e. The van der Waals surface area contributed by atoms with Gasteiger partial charge in [-0.15, -0.1) is 0 Å². The molecule has 0 amide bonds. The molecule has 2 aromatic rings. The lowest BCUT2D eigenvalue weighted by Crippen LogP contribution is -2.05. The zero-order valence-electron chi connectivity index (χ0n) is 11.7. The standard InChI is InChI=1S/C17H12ClNO3/c1-21-15-8-7-13(18)9-12(15)10-14-17(20)22-16(19-14)11-5-3-2-4-6-11/h2-10H,1H3/b14-10+. The van der Waals surface area contributed by atoms with Gasteiger partial charge < -0.3 is 9.47 Å². The number of benzene rings is 2. The van der Waals surface area contributed by atoms with Crippen LogP contribution in [0.2, 0.25) is 5.02 Å². The Balaban J connectivity index is 2.00. The first kappa shape index (κ1) is 14.4. The van der Waals surface area contributed by atoms with E-state index in [9.17, 15) is 4.79 Å². The molecule has 0 N–H and O–H groups in total. The molecule has 5 heteroatoms. The van der Waals surface area contributed by atoms with Gasteiger partial charge in [0.1, 0.15) is 5.75 Å². The number of aliphatic imine (C=N–C) groups is 1. The van der Waals surface area contributed by atoms with Gasteiger partial charge in [-0.25, -0.2) is 9.79 Å². The Kier molecular flexibility index (Phi) is 3.94. The molecule has 0 radical (unpaired) electrons. The first-order valence-corrected chi connectivity index (χ1v) is 6.96. The molecule has 0 aliphatic carbocycles. The number of esters is 1. The van der Waals surface area contributed by atoms with Gasteiger partial charge in [0, 0.05) is 16.1 Å². The molecule has 0 saturated carbocycles. The number of ether oxygens (including phenoxy) is 2. The Morgan fingerprint density at radius 1 is 1.18 bits per heavy atom. The van der Waals surface area contributed by atoms with Gasteiger partial charge in [0.05, 0.1) is 7.11 Å². The molecular weight excluding hydrogens is 302 g/mol. The highest BCUT2D eigenvalue weighted by atomic mass is 35.5. The fourth-order valence-electron chi connectivity index (χ4n) is 2.08. The first-order valence-electron chi connectivity index (χ1n) is 6.59. The number of hydrogen-bond donors (Lipinski definition) is 0. The van der Waals surface area contributed by atoms with E-state index in [1.54, 1.807) is 31.4 Å². The number of nitrogens with zero attached hydrogens (tertiary/aromatic N) is 1. The maximum atomic E-state index is 12.0. The van der Waals surface area contributed by atoms with Crippen LogP contribution in [0.3, 0.4) is 0 Å². The molecule has 110 valence electrons. The fraction of sp³-hybridized carbons (Fsp3) is 0.0588. The lowest BCUT2D eigenvalue weighted by molar-refractivity contribution is -0.129. The fourth-order valence-corrected chi connectivity index (χ4v) is 2.26. The van der Waals surface area contributed by atoms with Crippen LogP contribution in [0.1, 0.15) is 11.1 Å². The van der Waals surface area contributed by atoms with Crippen molar-refractivity contribution in [2.24, 2.45) is 4.99 Å². The Labute approximate surface area is 132 Å². The second-order valence-electron chi connectivity index (χ2n) is 4.59. The van der Waals surface area contributed by atoms with Crippen LogP contribution in [0.4, 0.5) is 0 Å². The lowest BCUT2D eigenvalue weighted by Gasteiger charge is -2.04. The Bertz CT molecular complexity index is 782. The van der Waals surface area contributed by atoms with Crippen LogP contribution >= 0.6 is 11.6 Å². The monoisotopic (exact) mass is 313 g/mol. The Morgan fingerprint density at radius 3 is 2.68 bits per heavy atom. The van der Waals surface area contributed by atoms with E-state index in [0.29, 0.717) is 16.3 Å². The number of hydrogen-bond acceptors (Lipinski definition) is 4. The van der Waals surface area contributed by atoms with E-state index < -0.39 is 5.97 Å². The van der Waals surface area contributed by atoms with E-state index in [0.717, 1.165) is 5.56 Å². The van der Waals surface area contributed by atoms with Crippen molar-refractivity contribution in [2.75, 3.05) is 7.11 Å². The van der Waals surface area contributed by atoms with Gasteiger partial charge in [-0.3, -0.25) is 0 Å². The van der Waals surface area contributed by atoms with Crippen molar-refractivity contribution in [2.45, 2.75) is 0 Å². The normalized spacial score (nSPS) is 15.6. The minimum Gasteiger partial charge on any atom is -0.496 e. The van der Waals surface area contributed by atoms with Crippen molar-refractivity contribution in [3.05, 3.63) is 70.4 Å². The van der Waals surface area contributed by atoms with Gasteiger partial charge >= 0.3 is 5.97 Å². The van der Waals surface area contributed by atoms with Crippen molar-refractivity contribution in [3.8, 4) is 5.75 Å². The molecule has 22 heavy (non-hydrogen) atoms. The van der Waals surface area contributed by atoms with Crippen LogP contribution < -0.4 is 4.74 Å². The second-order valence-corrected chi connectivity index (χ2v) is 5.02. The number of rotatable bonds is 3. The molecule has 2 aromatic carbocycles. The highest BCUT2D eigenvalue weighted by Gasteiger charge is 2.24. The van der Waals surface area contributed by atoms with E-state index in [1.807, 2.05) is 30.3 Å². The molecule has 0 atom stereocenters. The number of carbonyl (C=O) groups is 1. The summed E-state index contributed by atoms with van der Waals surface area (Å²) in [7, 11) is 1.55. The molecule has 3 rings (SSSR count). The molecule has 0 aromatic heterocycles. The SMILES string of the molecule is COc1ccc(Cl)cc1/C=C1/N=C(c2ccccc2)OC1=O. The minimum atomic E-state index is -0.499. The highest BCUT2D eigenvalue weighted by Crippen LogP contribution is 2.27. The summed E-state index contributed by atoms with van der Waals surface area (Å²) in [5.41, 5.74) is 1.62. The van der Waals surface area contributed by atoms with E-state index in [-0.39, 0.29) is 11.6 Å². The van der Waals surface area contributed by atoms with Gasteiger partial charge in [-0.1, -0.05) is 29.8 Å². The molecule has 1 aliphatic heterocycles. The molecule has 0 bridgehead atoms. The van der Waals surface area contributed by atoms with Crippen LogP contribution in [0.5, 0.6) is 5.75 Å². The van der Waals surface area contributed by atoms with Gasteiger partial charge in [0.25, 0.3) is 0 Å².